The predicted octanol–water partition coefficient (Wildman–Crippen LogP) is 13.6. The summed E-state index contributed by atoms with van der Waals surface area (Å²) in [6.07, 6.45) is 34.2. The molecule has 5 saturated carbocycles. The van der Waals surface area contributed by atoms with Crippen molar-refractivity contribution < 1.29 is 14.6 Å². The van der Waals surface area contributed by atoms with Crippen molar-refractivity contribution in [2.45, 2.75) is 209 Å². The first-order valence-corrected chi connectivity index (χ1v) is 22.4. The van der Waals surface area contributed by atoms with Crippen molar-refractivity contribution in [2.24, 2.45) is 56.7 Å². The third kappa shape index (κ3) is 8.01. The Balaban J connectivity index is 1.09. The van der Waals surface area contributed by atoms with Gasteiger partial charge in [-0.2, -0.15) is 0 Å². The minimum Gasteiger partial charge on any atom is -0.462 e. The number of aliphatic hydroxyl groups excluding tert-OH is 1. The lowest BCUT2D eigenvalue weighted by Crippen LogP contribution is -2.67. The monoisotopic (exact) mass is 707 g/mol. The molecule has 0 aliphatic heterocycles. The molecular formula is C48H82O3. The molecular weight excluding hydrogens is 625 g/mol. The summed E-state index contributed by atoms with van der Waals surface area (Å²) in [5, 5.41) is 10.8. The average molecular weight is 707 g/mol. The molecule has 0 amide bonds. The molecule has 3 heteroatoms. The van der Waals surface area contributed by atoms with Gasteiger partial charge in [0.2, 0.25) is 0 Å². The van der Waals surface area contributed by atoms with Crippen LogP contribution in [0.25, 0.3) is 0 Å². The highest BCUT2D eigenvalue weighted by Gasteiger charge is 2.71. The highest BCUT2D eigenvalue weighted by Crippen LogP contribution is 2.77. The lowest BCUT2D eigenvalue weighted by atomic mass is 9.32. The zero-order valence-electron chi connectivity index (χ0n) is 34.8. The molecule has 5 rings (SSSR count). The fourth-order valence-electron chi connectivity index (χ4n) is 14.3. The normalized spacial score (nSPS) is 39.9. The second-order valence-electron chi connectivity index (χ2n) is 20.4. The molecule has 0 unspecified atom stereocenters. The molecule has 5 aliphatic carbocycles. The molecule has 3 nitrogen and oxygen atoms in total. The van der Waals surface area contributed by atoms with Crippen LogP contribution in [-0.4, -0.2) is 23.8 Å². The minimum atomic E-state index is -0.000575. The Labute approximate surface area is 316 Å². The van der Waals surface area contributed by atoms with E-state index in [1.54, 1.807) is 0 Å². The van der Waals surface area contributed by atoms with Gasteiger partial charge in [-0.25, -0.2) is 0 Å². The van der Waals surface area contributed by atoms with E-state index in [0.29, 0.717) is 53.4 Å². The van der Waals surface area contributed by atoms with Gasteiger partial charge in [-0.05, 0) is 154 Å². The van der Waals surface area contributed by atoms with Crippen LogP contribution >= 0.6 is 0 Å². The van der Waals surface area contributed by atoms with Crippen molar-refractivity contribution in [3.05, 3.63) is 24.3 Å². The van der Waals surface area contributed by atoms with Gasteiger partial charge in [0, 0.05) is 18.4 Å². The van der Waals surface area contributed by atoms with Crippen LogP contribution in [0.15, 0.2) is 24.3 Å². The van der Waals surface area contributed by atoms with Crippen molar-refractivity contribution >= 4 is 5.97 Å². The van der Waals surface area contributed by atoms with Crippen LogP contribution in [0.1, 0.15) is 203 Å². The summed E-state index contributed by atoms with van der Waals surface area (Å²) in [6.45, 7) is 22.3. The second kappa shape index (κ2) is 17.1. The Morgan fingerprint density at radius 1 is 0.725 bits per heavy atom. The van der Waals surface area contributed by atoms with E-state index in [-0.39, 0.29) is 28.3 Å². The van der Waals surface area contributed by atoms with Gasteiger partial charge >= 0.3 is 5.97 Å². The van der Waals surface area contributed by atoms with Crippen molar-refractivity contribution in [3.63, 3.8) is 0 Å². The molecule has 5 aliphatic rings. The molecule has 0 spiro atoms. The van der Waals surface area contributed by atoms with Gasteiger partial charge in [-0.15, -0.1) is 0 Å². The number of fused-ring (bicyclic) bond motifs is 7. The number of allylic oxidation sites excluding steroid dienone is 3. The van der Waals surface area contributed by atoms with Gasteiger partial charge in [0.15, 0.2) is 0 Å². The van der Waals surface area contributed by atoms with Crippen molar-refractivity contribution in [2.75, 3.05) is 6.61 Å². The van der Waals surface area contributed by atoms with E-state index in [9.17, 15) is 9.90 Å². The lowest BCUT2D eigenvalue weighted by molar-refractivity contribution is -0.251. The molecule has 0 aromatic rings. The standard InChI is InChI=1S/C48H82O3/c1-9-10-11-12-13-14-15-16-17-18-19-20-21-22-23-24-42(50)51-41-29-30-45(6)39(44(41,4)5)28-31-47(8)40(45)26-25-38-43-37(36(2)3)27-32-48(43,35-49)34-33-46(38,47)7/h16-17,37-41,43,49H,2,9-15,18-35H2,1,3-8H3/b17-16-/t37-,38+,39-,40+,41-,43+,45-,46+,47+,48+/m0/s1. The molecule has 10 atom stereocenters. The summed E-state index contributed by atoms with van der Waals surface area (Å²) >= 11 is 0. The highest BCUT2D eigenvalue weighted by molar-refractivity contribution is 5.69. The molecule has 0 aromatic heterocycles. The van der Waals surface area contributed by atoms with Gasteiger partial charge in [-0.1, -0.05) is 117 Å². The number of ether oxygens (including phenoxy) is 1. The van der Waals surface area contributed by atoms with Crippen LogP contribution in [-0.2, 0) is 9.53 Å². The van der Waals surface area contributed by atoms with Gasteiger partial charge in [0.25, 0.3) is 0 Å². The molecule has 0 bridgehead atoms. The topological polar surface area (TPSA) is 46.5 Å². The first-order valence-electron chi connectivity index (χ1n) is 22.4. The number of esters is 1. The zero-order chi connectivity index (χ0) is 36.9. The van der Waals surface area contributed by atoms with E-state index in [2.05, 4.69) is 67.2 Å². The molecule has 0 saturated heterocycles. The molecule has 5 fully saturated rings. The number of hydrogen-bond acceptors (Lipinski definition) is 3. The average Bonchev–Trinajstić information content (AvgIpc) is 3.49. The van der Waals surface area contributed by atoms with Crippen LogP contribution in [0.4, 0.5) is 0 Å². The van der Waals surface area contributed by atoms with Crippen LogP contribution in [0.3, 0.4) is 0 Å². The van der Waals surface area contributed by atoms with Crippen molar-refractivity contribution in [1.29, 1.82) is 0 Å². The van der Waals surface area contributed by atoms with E-state index in [4.69, 9.17) is 4.74 Å². The summed E-state index contributed by atoms with van der Waals surface area (Å²) in [7, 11) is 0. The fourth-order valence-corrected chi connectivity index (χ4v) is 14.3. The van der Waals surface area contributed by atoms with E-state index in [1.165, 1.54) is 134 Å². The van der Waals surface area contributed by atoms with Crippen molar-refractivity contribution in [3.8, 4) is 0 Å². The quantitative estimate of drug-likeness (QED) is 0.0877. The molecule has 51 heavy (non-hydrogen) atoms. The molecule has 0 aromatic carbocycles. The summed E-state index contributed by atoms with van der Waals surface area (Å²) in [4.78, 5) is 13.2. The van der Waals surface area contributed by atoms with E-state index in [0.717, 1.165) is 19.3 Å². The summed E-state index contributed by atoms with van der Waals surface area (Å²) in [5.41, 5.74) is 2.38. The number of unbranched alkanes of at least 4 members (excludes halogenated alkanes) is 11. The second-order valence-corrected chi connectivity index (χ2v) is 20.4. The Bertz CT molecular complexity index is 1180. The maximum Gasteiger partial charge on any atom is 0.306 e. The van der Waals surface area contributed by atoms with Crippen LogP contribution in [0.5, 0.6) is 0 Å². The highest BCUT2D eigenvalue weighted by atomic mass is 16.5. The maximum atomic E-state index is 13.2. The van der Waals surface area contributed by atoms with Crippen LogP contribution in [0.2, 0.25) is 0 Å². The number of carbonyl (C=O) groups is 1. The van der Waals surface area contributed by atoms with Crippen LogP contribution < -0.4 is 0 Å². The zero-order valence-corrected chi connectivity index (χ0v) is 34.8. The predicted molar refractivity (Wildman–Crippen MR) is 215 cm³/mol. The lowest BCUT2D eigenvalue weighted by Gasteiger charge is -2.73. The summed E-state index contributed by atoms with van der Waals surface area (Å²) < 4.78 is 6.41. The first kappa shape index (κ1) is 41.1. The van der Waals surface area contributed by atoms with E-state index in [1.807, 2.05) is 0 Å². The molecule has 1 N–H and O–H groups in total. The third-order valence-electron chi connectivity index (χ3n) is 17.4. The number of rotatable bonds is 18. The Hall–Kier alpha value is -1.09. The van der Waals surface area contributed by atoms with Gasteiger partial charge in [0.1, 0.15) is 6.10 Å². The Morgan fingerprint density at radius 3 is 2.02 bits per heavy atom. The maximum absolute atomic E-state index is 13.2. The van der Waals surface area contributed by atoms with Gasteiger partial charge < -0.3 is 9.84 Å². The Morgan fingerprint density at radius 2 is 1.37 bits per heavy atom. The Kier molecular flexibility index (Phi) is 13.8. The molecule has 0 radical (unpaired) electrons. The first-order chi connectivity index (χ1) is 24.3. The number of hydrogen-bond donors (Lipinski definition) is 1. The SMILES string of the molecule is C=C(C)[C@@H]1CC[C@]2(CO)CC[C@]3(C)[C@H](CC[C@@H]4[C@@]5(C)CC[C@H](OC(=O)CCCCCCC/C=C\CCCCCCCC)C(C)(C)[C@@H]5CC[C@]43C)[C@@H]12. The molecule has 292 valence electrons. The molecule has 0 heterocycles. The third-order valence-corrected chi connectivity index (χ3v) is 17.4. The summed E-state index contributed by atoms with van der Waals surface area (Å²) in [6, 6.07) is 0. The summed E-state index contributed by atoms with van der Waals surface area (Å²) in [5.74, 6) is 3.19. The smallest absolute Gasteiger partial charge is 0.306 e. The van der Waals surface area contributed by atoms with Crippen LogP contribution in [0, 0.1) is 56.7 Å². The number of carbonyl (C=O) groups excluding carboxylic acids is 1. The fraction of sp³-hybridized carbons (Fsp3) is 0.896. The number of aliphatic hydroxyl groups is 1. The van der Waals surface area contributed by atoms with E-state index < -0.39 is 0 Å². The van der Waals surface area contributed by atoms with E-state index >= 15 is 0 Å². The van der Waals surface area contributed by atoms with Gasteiger partial charge in [-0.3, -0.25) is 4.79 Å². The van der Waals surface area contributed by atoms with Gasteiger partial charge in [0.05, 0.1) is 0 Å². The largest absolute Gasteiger partial charge is 0.462 e. The van der Waals surface area contributed by atoms with Crippen molar-refractivity contribution in [1.82, 2.24) is 0 Å². The minimum absolute atomic E-state index is 0.000575.